The zero-order chi connectivity index (χ0) is 15.9. The first kappa shape index (κ1) is 14.4. The number of thioether (sulfide) groups is 1. The molecule has 1 aromatic carbocycles. The Morgan fingerprint density at radius 1 is 1.30 bits per heavy atom. The van der Waals surface area contributed by atoms with Gasteiger partial charge in [-0.1, -0.05) is 25.1 Å². The van der Waals surface area contributed by atoms with Crippen molar-refractivity contribution in [2.45, 2.75) is 66.4 Å². The molecule has 1 saturated heterocycles. The van der Waals surface area contributed by atoms with Crippen LogP contribution in [0, 0.1) is 5.41 Å². The third-order valence-electron chi connectivity index (χ3n) is 7.25. The number of likely N-dealkylation sites (tertiary alicyclic amines) is 1. The number of carbonyl (C=O) groups is 1. The van der Waals surface area contributed by atoms with Gasteiger partial charge in [-0.25, -0.2) is 0 Å². The van der Waals surface area contributed by atoms with E-state index < -0.39 is 0 Å². The average Bonchev–Trinajstić information content (AvgIpc) is 3.11. The lowest BCUT2D eigenvalue weighted by molar-refractivity contribution is -0.149. The zero-order valence-corrected chi connectivity index (χ0v) is 14.6. The Balaban J connectivity index is 1.22. The summed E-state index contributed by atoms with van der Waals surface area (Å²) in [6, 6.07) is 10.2. The molecule has 0 radical (unpaired) electrons. The van der Waals surface area contributed by atoms with Gasteiger partial charge in [-0.2, -0.15) is 0 Å². The SMILES string of the molecule is CCC(Sc1ccccc1)C(=O)OC1CC23CCC24N(C)C34C1. The van der Waals surface area contributed by atoms with Crippen LogP contribution >= 0.6 is 11.8 Å². The van der Waals surface area contributed by atoms with Gasteiger partial charge in [0.05, 0.1) is 5.54 Å². The van der Waals surface area contributed by atoms with E-state index in [0.29, 0.717) is 16.5 Å². The van der Waals surface area contributed by atoms with Crippen LogP contribution in [-0.4, -0.2) is 40.3 Å². The Morgan fingerprint density at radius 2 is 2.09 bits per heavy atom. The van der Waals surface area contributed by atoms with Gasteiger partial charge < -0.3 is 4.74 Å². The fraction of sp³-hybridized carbons (Fsp3) is 0.632. The second-order valence-corrected chi connectivity index (χ2v) is 8.93. The van der Waals surface area contributed by atoms with Crippen LogP contribution in [0.5, 0.6) is 0 Å². The minimum atomic E-state index is -0.0904. The van der Waals surface area contributed by atoms with E-state index in [1.54, 1.807) is 11.8 Å². The second-order valence-electron chi connectivity index (χ2n) is 7.66. The summed E-state index contributed by atoms with van der Waals surface area (Å²) >= 11 is 1.63. The summed E-state index contributed by atoms with van der Waals surface area (Å²) in [7, 11) is 2.25. The second kappa shape index (κ2) is 4.34. The lowest BCUT2D eigenvalue weighted by atomic mass is 9.75. The van der Waals surface area contributed by atoms with Crippen LogP contribution in [0.25, 0.3) is 0 Å². The molecule has 1 heterocycles. The maximum absolute atomic E-state index is 12.6. The summed E-state index contributed by atoms with van der Waals surface area (Å²) < 4.78 is 5.94. The smallest absolute Gasteiger partial charge is 0.319 e. The van der Waals surface area contributed by atoms with E-state index in [1.165, 1.54) is 12.8 Å². The normalized spacial score (nSPS) is 46.0. The fourth-order valence-electron chi connectivity index (χ4n) is 6.28. The Hall–Kier alpha value is -1.00. The maximum atomic E-state index is 12.6. The van der Waals surface area contributed by atoms with Crippen LogP contribution in [0.2, 0.25) is 0 Å². The van der Waals surface area contributed by atoms with Gasteiger partial charge in [0.2, 0.25) is 0 Å². The number of likely N-dealkylation sites (N-methyl/N-ethyl adjacent to an activating group) is 1. The van der Waals surface area contributed by atoms with E-state index in [1.807, 2.05) is 18.2 Å². The highest BCUT2D eigenvalue weighted by Crippen LogP contribution is 2.99. The van der Waals surface area contributed by atoms with E-state index in [9.17, 15) is 4.79 Å². The lowest BCUT2D eigenvalue weighted by Crippen LogP contribution is -2.42. The summed E-state index contributed by atoms with van der Waals surface area (Å²) in [5.41, 5.74) is 1.51. The zero-order valence-electron chi connectivity index (χ0n) is 13.7. The number of benzene rings is 1. The summed E-state index contributed by atoms with van der Waals surface area (Å²) in [5.74, 6) is -0.0197. The van der Waals surface area contributed by atoms with Gasteiger partial charge in [0.25, 0.3) is 0 Å². The Labute approximate surface area is 141 Å². The van der Waals surface area contributed by atoms with E-state index in [2.05, 4.69) is 31.0 Å². The minimum absolute atomic E-state index is 0.0197. The first-order chi connectivity index (χ1) is 11.1. The largest absolute Gasteiger partial charge is 0.461 e. The number of nitrogens with zero attached hydrogens (tertiary/aromatic N) is 1. The summed E-state index contributed by atoms with van der Waals surface area (Å²) in [6.45, 7) is 2.07. The molecule has 3 spiro atoms. The number of ether oxygens (including phenoxy) is 1. The minimum Gasteiger partial charge on any atom is -0.461 e. The first-order valence-electron chi connectivity index (χ1n) is 8.77. The van der Waals surface area contributed by atoms with Crippen molar-refractivity contribution >= 4 is 17.7 Å². The Kier molecular flexibility index (Phi) is 2.71. The lowest BCUT2D eigenvalue weighted by Gasteiger charge is -2.39. The van der Waals surface area contributed by atoms with Crippen LogP contribution in [0.4, 0.5) is 0 Å². The number of hydrogen-bond donors (Lipinski definition) is 0. The van der Waals surface area contributed by atoms with E-state index in [4.69, 9.17) is 4.74 Å². The van der Waals surface area contributed by atoms with Crippen LogP contribution in [0.15, 0.2) is 35.2 Å². The molecular formula is C19H23NO2S. The quantitative estimate of drug-likeness (QED) is 0.470. The highest BCUT2D eigenvalue weighted by molar-refractivity contribution is 8.00. The van der Waals surface area contributed by atoms with Crippen molar-refractivity contribution in [3.63, 3.8) is 0 Å². The van der Waals surface area contributed by atoms with Gasteiger partial charge in [-0.05, 0) is 44.9 Å². The van der Waals surface area contributed by atoms with Crippen molar-refractivity contribution in [3.05, 3.63) is 30.3 Å². The van der Waals surface area contributed by atoms with Gasteiger partial charge in [-0.15, -0.1) is 11.8 Å². The molecule has 122 valence electrons. The Bertz CT molecular complexity index is 679. The third kappa shape index (κ3) is 1.42. The molecule has 1 aromatic rings. The molecule has 6 unspecified atom stereocenters. The van der Waals surface area contributed by atoms with Crippen molar-refractivity contribution in [1.29, 1.82) is 0 Å². The average molecular weight is 329 g/mol. The number of carbonyl (C=O) groups excluding carboxylic acids is 1. The van der Waals surface area contributed by atoms with E-state index in [-0.39, 0.29) is 17.3 Å². The number of piperidine rings is 1. The molecule has 0 N–H and O–H groups in total. The van der Waals surface area contributed by atoms with Crippen molar-refractivity contribution in [3.8, 4) is 0 Å². The highest BCUT2D eigenvalue weighted by Gasteiger charge is 3.09. The predicted molar refractivity (Wildman–Crippen MR) is 90.4 cm³/mol. The van der Waals surface area contributed by atoms with Gasteiger partial charge >= 0.3 is 5.97 Å². The van der Waals surface area contributed by atoms with Crippen molar-refractivity contribution in [1.82, 2.24) is 4.90 Å². The number of hydrogen-bond acceptors (Lipinski definition) is 4. The molecule has 3 nitrogen and oxygen atoms in total. The number of rotatable bonds is 5. The van der Waals surface area contributed by atoms with Gasteiger partial charge in [0.1, 0.15) is 11.4 Å². The molecule has 4 fully saturated rings. The highest BCUT2D eigenvalue weighted by atomic mass is 32.2. The molecule has 5 rings (SSSR count). The molecule has 0 aromatic heterocycles. The Morgan fingerprint density at radius 3 is 2.70 bits per heavy atom. The van der Waals surface area contributed by atoms with E-state index in [0.717, 1.165) is 24.2 Å². The van der Waals surface area contributed by atoms with Gasteiger partial charge in [0.15, 0.2) is 0 Å². The monoisotopic (exact) mass is 329 g/mol. The van der Waals surface area contributed by atoms with Crippen LogP contribution in [-0.2, 0) is 9.53 Å². The summed E-state index contributed by atoms with van der Waals surface area (Å²) in [5, 5.41) is -0.0904. The standard InChI is InChI=1S/C19H23NO2S/c1-3-15(23-14-7-5-4-6-8-14)16(21)22-13-11-17-9-10-18(17)19(17,12-13)20(18)2/h4-8,13,15H,3,9-12H2,1-2H3. The molecule has 6 atom stereocenters. The van der Waals surface area contributed by atoms with Crippen LogP contribution in [0.3, 0.4) is 0 Å². The van der Waals surface area contributed by atoms with Crippen molar-refractivity contribution in [2.75, 3.05) is 7.05 Å². The molecular weight excluding hydrogens is 306 g/mol. The molecule has 23 heavy (non-hydrogen) atoms. The molecule has 1 aliphatic heterocycles. The summed E-state index contributed by atoms with van der Waals surface area (Å²) in [4.78, 5) is 16.3. The maximum Gasteiger partial charge on any atom is 0.319 e. The first-order valence-corrected chi connectivity index (χ1v) is 9.65. The van der Waals surface area contributed by atoms with Crippen LogP contribution in [0.1, 0.15) is 39.0 Å². The molecule has 4 aliphatic rings. The van der Waals surface area contributed by atoms with Crippen molar-refractivity contribution in [2.24, 2.45) is 5.41 Å². The third-order valence-corrected chi connectivity index (χ3v) is 8.61. The molecule has 0 amide bonds. The van der Waals surface area contributed by atoms with Crippen molar-refractivity contribution < 1.29 is 9.53 Å². The fourth-order valence-corrected chi connectivity index (χ4v) is 7.24. The molecule has 3 saturated carbocycles. The molecule has 3 aliphatic carbocycles. The predicted octanol–water partition coefficient (Wildman–Crippen LogP) is 3.48. The number of esters is 1. The van der Waals surface area contributed by atoms with Gasteiger partial charge in [0, 0.05) is 22.3 Å². The van der Waals surface area contributed by atoms with Crippen LogP contribution < -0.4 is 0 Å². The summed E-state index contributed by atoms with van der Waals surface area (Å²) in [6.07, 6.45) is 5.85. The van der Waals surface area contributed by atoms with E-state index >= 15 is 0 Å². The topological polar surface area (TPSA) is 29.3 Å². The molecule has 4 heteroatoms. The molecule has 0 bridgehead atoms. The van der Waals surface area contributed by atoms with Gasteiger partial charge in [-0.3, -0.25) is 9.69 Å².